The highest BCUT2D eigenvalue weighted by molar-refractivity contribution is 5.77. The average Bonchev–Trinajstić information content (AvgIpc) is 2.08. The van der Waals surface area contributed by atoms with Gasteiger partial charge in [-0.05, 0) is 25.8 Å². The first-order valence-corrected chi connectivity index (χ1v) is 4.50. The summed E-state index contributed by atoms with van der Waals surface area (Å²) in [6.07, 6.45) is 0.967. The van der Waals surface area contributed by atoms with Gasteiger partial charge in [0.2, 0.25) is 0 Å². The molecule has 2 N–H and O–H groups in total. The molecule has 1 aromatic rings. The molecule has 0 bridgehead atoms. The Labute approximate surface area is 79.5 Å². The molecule has 1 rings (SSSR count). The minimum absolute atomic E-state index is 0.659. The summed E-state index contributed by atoms with van der Waals surface area (Å²) in [6, 6.07) is 8.51. The lowest BCUT2D eigenvalue weighted by molar-refractivity contribution is 0.963. The third-order valence-corrected chi connectivity index (χ3v) is 1.88. The second-order valence-corrected chi connectivity index (χ2v) is 3.26. The SMILES string of the molecule is CC(N)=NCCc1ccc(C)cc1. The number of nitrogens with two attached hydrogens (primary N) is 1. The molecule has 0 radical (unpaired) electrons. The zero-order chi connectivity index (χ0) is 9.68. The molecule has 0 aromatic heterocycles. The Hall–Kier alpha value is -1.31. The van der Waals surface area contributed by atoms with Gasteiger partial charge in [-0.1, -0.05) is 29.8 Å². The first-order chi connectivity index (χ1) is 6.18. The van der Waals surface area contributed by atoms with E-state index in [9.17, 15) is 0 Å². The molecule has 2 nitrogen and oxygen atoms in total. The van der Waals surface area contributed by atoms with Crippen molar-refractivity contribution in [1.82, 2.24) is 0 Å². The molecule has 0 atom stereocenters. The maximum atomic E-state index is 5.43. The minimum Gasteiger partial charge on any atom is -0.388 e. The number of hydrogen-bond donors (Lipinski definition) is 1. The minimum atomic E-state index is 0.659. The highest BCUT2D eigenvalue weighted by Gasteiger charge is 1.90. The number of aryl methyl sites for hydroxylation is 1. The fourth-order valence-corrected chi connectivity index (χ4v) is 1.12. The Morgan fingerprint density at radius 1 is 1.31 bits per heavy atom. The van der Waals surface area contributed by atoms with Gasteiger partial charge in [0.15, 0.2) is 0 Å². The van der Waals surface area contributed by atoms with Crippen molar-refractivity contribution < 1.29 is 0 Å². The van der Waals surface area contributed by atoms with Crippen molar-refractivity contribution in [2.45, 2.75) is 20.3 Å². The van der Waals surface area contributed by atoms with Gasteiger partial charge < -0.3 is 5.73 Å². The van der Waals surface area contributed by atoms with Crippen molar-refractivity contribution in [2.24, 2.45) is 10.7 Å². The van der Waals surface area contributed by atoms with Crippen LogP contribution >= 0.6 is 0 Å². The van der Waals surface area contributed by atoms with Gasteiger partial charge in [-0.3, -0.25) is 4.99 Å². The second kappa shape index (κ2) is 4.65. The fraction of sp³-hybridized carbons (Fsp3) is 0.364. The Morgan fingerprint density at radius 3 is 2.46 bits per heavy atom. The van der Waals surface area contributed by atoms with E-state index in [4.69, 9.17) is 5.73 Å². The first-order valence-electron chi connectivity index (χ1n) is 4.50. The molecule has 0 fully saturated rings. The highest BCUT2D eigenvalue weighted by Crippen LogP contribution is 2.03. The summed E-state index contributed by atoms with van der Waals surface area (Å²) >= 11 is 0. The standard InChI is InChI=1S/C11H16N2/c1-9-3-5-11(6-4-9)7-8-13-10(2)12/h3-6H,7-8H2,1-2H3,(H2,12,13). The molecule has 2 heteroatoms. The zero-order valence-corrected chi connectivity index (χ0v) is 8.25. The quantitative estimate of drug-likeness (QED) is 0.554. The van der Waals surface area contributed by atoms with E-state index in [2.05, 4.69) is 36.2 Å². The molecule has 13 heavy (non-hydrogen) atoms. The molecular weight excluding hydrogens is 160 g/mol. The van der Waals surface area contributed by atoms with Crippen molar-refractivity contribution in [2.75, 3.05) is 6.54 Å². The average molecular weight is 176 g/mol. The predicted octanol–water partition coefficient (Wildman–Crippen LogP) is 1.91. The van der Waals surface area contributed by atoms with E-state index in [1.54, 1.807) is 0 Å². The molecule has 70 valence electrons. The number of nitrogens with zero attached hydrogens (tertiary/aromatic N) is 1. The number of hydrogen-bond acceptors (Lipinski definition) is 1. The zero-order valence-electron chi connectivity index (χ0n) is 8.25. The van der Waals surface area contributed by atoms with Crippen LogP contribution in [-0.2, 0) is 6.42 Å². The maximum Gasteiger partial charge on any atom is 0.0905 e. The van der Waals surface area contributed by atoms with Gasteiger partial charge in [-0.2, -0.15) is 0 Å². The summed E-state index contributed by atoms with van der Waals surface area (Å²) < 4.78 is 0. The van der Waals surface area contributed by atoms with Crippen molar-refractivity contribution in [1.29, 1.82) is 0 Å². The lowest BCUT2D eigenvalue weighted by atomic mass is 10.1. The van der Waals surface area contributed by atoms with Gasteiger partial charge in [-0.15, -0.1) is 0 Å². The van der Waals surface area contributed by atoms with E-state index in [0.717, 1.165) is 13.0 Å². The third kappa shape index (κ3) is 3.74. The molecule has 0 saturated carbocycles. The molecule has 0 unspecified atom stereocenters. The predicted molar refractivity (Wildman–Crippen MR) is 57.0 cm³/mol. The summed E-state index contributed by atoms with van der Waals surface area (Å²) in [5.41, 5.74) is 8.04. The van der Waals surface area contributed by atoms with E-state index in [0.29, 0.717) is 5.84 Å². The lowest BCUT2D eigenvalue weighted by Gasteiger charge is -1.99. The van der Waals surface area contributed by atoms with Crippen LogP contribution in [0.15, 0.2) is 29.3 Å². The molecule has 0 aliphatic rings. The van der Waals surface area contributed by atoms with Crippen LogP contribution in [-0.4, -0.2) is 12.4 Å². The monoisotopic (exact) mass is 176 g/mol. The molecule has 0 saturated heterocycles. The number of benzene rings is 1. The van der Waals surface area contributed by atoms with Crippen LogP contribution in [0.4, 0.5) is 0 Å². The van der Waals surface area contributed by atoms with E-state index >= 15 is 0 Å². The fourth-order valence-electron chi connectivity index (χ4n) is 1.12. The van der Waals surface area contributed by atoms with Crippen molar-refractivity contribution in [3.63, 3.8) is 0 Å². The van der Waals surface area contributed by atoms with Crippen molar-refractivity contribution in [3.05, 3.63) is 35.4 Å². The molecule has 0 heterocycles. The molecule has 0 spiro atoms. The van der Waals surface area contributed by atoms with Gasteiger partial charge in [0.25, 0.3) is 0 Å². The Balaban J connectivity index is 2.46. The van der Waals surface area contributed by atoms with Crippen LogP contribution in [0.5, 0.6) is 0 Å². The van der Waals surface area contributed by atoms with E-state index in [1.165, 1.54) is 11.1 Å². The summed E-state index contributed by atoms with van der Waals surface area (Å²) in [7, 11) is 0. The van der Waals surface area contributed by atoms with E-state index < -0.39 is 0 Å². The van der Waals surface area contributed by atoms with Gasteiger partial charge in [0.1, 0.15) is 0 Å². The maximum absolute atomic E-state index is 5.43. The highest BCUT2D eigenvalue weighted by atomic mass is 14.8. The normalized spacial score (nSPS) is 11.7. The van der Waals surface area contributed by atoms with Crippen LogP contribution in [0.25, 0.3) is 0 Å². The van der Waals surface area contributed by atoms with Gasteiger partial charge in [-0.25, -0.2) is 0 Å². The summed E-state index contributed by atoms with van der Waals surface area (Å²) in [5.74, 6) is 0.659. The smallest absolute Gasteiger partial charge is 0.0905 e. The van der Waals surface area contributed by atoms with Crippen LogP contribution < -0.4 is 5.73 Å². The number of amidine groups is 1. The molecule has 0 amide bonds. The van der Waals surface area contributed by atoms with Crippen molar-refractivity contribution in [3.8, 4) is 0 Å². The number of rotatable bonds is 3. The third-order valence-electron chi connectivity index (χ3n) is 1.88. The molecular formula is C11H16N2. The summed E-state index contributed by atoms with van der Waals surface area (Å²) in [4.78, 5) is 4.14. The van der Waals surface area contributed by atoms with Gasteiger partial charge in [0, 0.05) is 6.54 Å². The van der Waals surface area contributed by atoms with E-state index in [1.807, 2.05) is 6.92 Å². The second-order valence-electron chi connectivity index (χ2n) is 3.26. The topological polar surface area (TPSA) is 38.4 Å². The Kier molecular flexibility index (Phi) is 3.50. The van der Waals surface area contributed by atoms with E-state index in [-0.39, 0.29) is 0 Å². The summed E-state index contributed by atoms with van der Waals surface area (Å²) in [5, 5.41) is 0. The van der Waals surface area contributed by atoms with Crippen LogP contribution in [0.2, 0.25) is 0 Å². The Bertz CT molecular complexity index is 281. The van der Waals surface area contributed by atoms with Crippen LogP contribution in [0, 0.1) is 6.92 Å². The van der Waals surface area contributed by atoms with Crippen LogP contribution in [0.3, 0.4) is 0 Å². The van der Waals surface area contributed by atoms with Crippen molar-refractivity contribution >= 4 is 5.84 Å². The largest absolute Gasteiger partial charge is 0.388 e. The molecule has 0 aliphatic carbocycles. The summed E-state index contributed by atoms with van der Waals surface area (Å²) in [6.45, 7) is 4.69. The number of aliphatic imine (C=N–C) groups is 1. The lowest BCUT2D eigenvalue weighted by Crippen LogP contribution is -2.06. The molecule has 0 aliphatic heterocycles. The molecule has 1 aromatic carbocycles. The first kappa shape index (κ1) is 9.78. The van der Waals surface area contributed by atoms with Gasteiger partial charge >= 0.3 is 0 Å². The van der Waals surface area contributed by atoms with Crippen LogP contribution in [0.1, 0.15) is 18.1 Å². The van der Waals surface area contributed by atoms with Gasteiger partial charge in [0.05, 0.1) is 5.84 Å². The Morgan fingerprint density at radius 2 is 1.92 bits per heavy atom.